The predicted molar refractivity (Wildman–Crippen MR) is 92.6 cm³/mol. The second-order valence-corrected chi connectivity index (χ2v) is 9.67. The molecule has 0 aromatic rings. The van der Waals surface area contributed by atoms with Crippen LogP contribution in [0.4, 0.5) is 57.1 Å². The summed E-state index contributed by atoms with van der Waals surface area (Å²) in [5, 5.41) is 17.1. The molecule has 222 valence electrons. The number of aliphatic hydroxyl groups excluding tert-OH is 2. The van der Waals surface area contributed by atoms with Gasteiger partial charge in [-0.3, -0.25) is 9.11 Å². The molecule has 0 heterocycles. The maximum atomic E-state index is 13.3. The highest BCUT2D eigenvalue weighted by Crippen LogP contribution is 2.60. The van der Waals surface area contributed by atoms with E-state index in [0.29, 0.717) is 12.5 Å². The van der Waals surface area contributed by atoms with Gasteiger partial charge in [-0.1, -0.05) is 0 Å². The van der Waals surface area contributed by atoms with Gasteiger partial charge in [0.15, 0.2) is 0 Å². The minimum atomic E-state index is -7.92. The maximum Gasteiger partial charge on any atom is 0.460 e. The number of halogens is 13. The van der Waals surface area contributed by atoms with Crippen molar-refractivity contribution >= 4 is 20.2 Å². The zero-order valence-electron chi connectivity index (χ0n) is 17.6. The van der Waals surface area contributed by atoms with Gasteiger partial charge in [0, 0.05) is 25.6 Å². The van der Waals surface area contributed by atoms with Gasteiger partial charge in [-0.05, 0) is 6.42 Å². The largest absolute Gasteiger partial charge is 0.460 e. The first-order valence-corrected chi connectivity index (χ1v) is 12.0. The van der Waals surface area contributed by atoms with Crippen LogP contribution in [0.5, 0.6) is 0 Å². The molecule has 0 saturated carbocycles. The molecule has 0 aromatic heterocycles. The van der Waals surface area contributed by atoms with E-state index in [4.69, 9.17) is 19.3 Å². The van der Waals surface area contributed by atoms with Gasteiger partial charge in [0.2, 0.25) is 0 Å². The van der Waals surface area contributed by atoms with E-state index in [1.807, 2.05) is 0 Å². The summed E-state index contributed by atoms with van der Waals surface area (Å²) in [4.78, 5) is 0. The average Bonchev–Trinajstić information content (AvgIpc) is 2.58. The summed E-state index contributed by atoms with van der Waals surface area (Å²) in [5.74, 6) is -38.6. The van der Waals surface area contributed by atoms with Crippen molar-refractivity contribution in [2.24, 2.45) is 5.92 Å². The number of hydrogen-bond acceptors (Lipinski definition) is 6. The van der Waals surface area contributed by atoms with Crippen molar-refractivity contribution in [1.29, 1.82) is 0 Å². The normalized spacial score (nSPS) is 14.6. The molecule has 0 spiro atoms. The van der Waals surface area contributed by atoms with Crippen molar-refractivity contribution in [3.63, 3.8) is 0 Å². The zero-order chi connectivity index (χ0) is 30.4. The fourth-order valence-electron chi connectivity index (χ4n) is 1.58. The van der Waals surface area contributed by atoms with Crippen molar-refractivity contribution in [1.82, 2.24) is 0 Å². The molecule has 0 bridgehead atoms. The average molecular weight is 614 g/mol. The molecular weight excluding hydrogens is 595 g/mol. The summed E-state index contributed by atoms with van der Waals surface area (Å²) in [6, 6.07) is 0. The highest BCUT2D eigenvalue weighted by atomic mass is 32.2. The molecule has 4 N–H and O–H groups in total. The lowest BCUT2D eigenvalue weighted by atomic mass is 9.90. The first-order chi connectivity index (χ1) is 15.2. The van der Waals surface area contributed by atoms with Crippen LogP contribution in [0.3, 0.4) is 0 Å². The molecule has 0 rings (SSSR count). The van der Waals surface area contributed by atoms with Crippen molar-refractivity contribution in [3.05, 3.63) is 0 Å². The van der Waals surface area contributed by atoms with Crippen LogP contribution in [0.1, 0.15) is 12.8 Å². The van der Waals surface area contributed by atoms with E-state index in [9.17, 15) is 73.9 Å². The number of alkyl halides is 13. The van der Waals surface area contributed by atoms with Crippen molar-refractivity contribution in [2.45, 2.75) is 48.6 Å². The smallest absolute Gasteiger partial charge is 0.396 e. The monoisotopic (exact) mass is 614 g/mol. The minimum absolute atomic E-state index is 0.715. The molecule has 23 heteroatoms. The summed E-state index contributed by atoms with van der Waals surface area (Å²) in [6.45, 7) is -2.23. The molecule has 0 aromatic carbocycles. The van der Waals surface area contributed by atoms with Gasteiger partial charge in [-0.25, -0.2) is 0 Å². The third-order valence-corrected chi connectivity index (χ3v) is 3.38. The Balaban J connectivity index is -0.000000910. The van der Waals surface area contributed by atoms with E-state index in [-0.39, 0.29) is 0 Å². The van der Waals surface area contributed by atoms with E-state index < -0.39 is 88.0 Å². The van der Waals surface area contributed by atoms with Crippen LogP contribution in [-0.2, 0) is 20.2 Å². The molecule has 0 aliphatic heterocycles. The highest BCUT2D eigenvalue weighted by molar-refractivity contribution is 7.85. The summed E-state index contributed by atoms with van der Waals surface area (Å²) in [7, 11) is -7.33. The Morgan fingerprint density at radius 1 is 0.583 bits per heavy atom. The molecule has 0 saturated heterocycles. The van der Waals surface area contributed by atoms with Crippen molar-refractivity contribution in [2.75, 3.05) is 25.7 Å². The van der Waals surface area contributed by atoms with Gasteiger partial charge in [0.05, 0.1) is 12.5 Å². The zero-order valence-corrected chi connectivity index (χ0v) is 19.2. The van der Waals surface area contributed by atoms with Gasteiger partial charge >= 0.3 is 35.8 Å². The molecule has 0 aliphatic rings. The Kier molecular flexibility index (Phi) is 13.8. The molecule has 0 unspecified atom stereocenters. The van der Waals surface area contributed by atoms with Gasteiger partial charge < -0.3 is 10.2 Å². The van der Waals surface area contributed by atoms with Crippen molar-refractivity contribution < 1.29 is 93.2 Å². The van der Waals surface area contributed by atoms with Gasteiger partial charge in [0.25, 0.3) is 20.2 Å². The van der Waals surface area contributed by atoms with Gasteiger partial charge in [-0.15, -0.1) is 0 Å². The Hall–Kier alpha value is -1.17. The molecule has 36 heavy (non-hydrogen) atoms. The number of hydrogen-bond donors (Lipinski definition) is 4. The number of rotatable bonds is 9. The summed E-state index contributed by atoms with van der Waals surface area (Å²) < 4.78 is 218. The number of aliphatic hydroxyl groups is 2. The van der Waals surface area contributed by atoms with Crippen LogP contribution in [0.15, 0.2) is 0 Å². The Labute approximate surface area is 194 Å². The first kappa shape index (κ1) is 39.3. The Morgan fingerprint density at radius 3 is 1.06 bits per heavy atom. The molecule has 0 radical (unpaired) electrons. The quantitative estimate of drug-likeness (QED) is 0.229. The summed E-state index contributed by atoms with van der Waals surface area (Å²) in [6.07, 6.45) is -9.79. The molecule has 0 fully saturated rings. The molecule has 0 atom stereocenters. The lowest BCUT2D eigenvalue weighted by Gasteiger charge is -2.40. The Bertz CT molecular complexity index is 836. The SMILES string of the molecule is CS(=O)(=O)O.CS(=O)(=O)O.OCC(CO)CCC(F)(F)C(F)(F)C(F)(F)C(F)(F)C(F)(F)C(F)(F)F. The van der Waals surface area contributed by atoms with Crippen LogP contribution in [0, 0.1) is 5.92 Å². The molecule has 0 amide bonds. The van der Waals surface area contributed by atoms with Crippen molar-refractivity contribution in [3.8, 4) is 0 Å². The van der Waals surface area contributed by atoms with E-state index >= 15 is 0 Å². The topological polar surface area (TPSA) is 149 Å². The predicted octanol–water partition coefficient (Wildman–Crippen LogP) is 3.11. The lowest BCUT2D eigenvalue weighted by molar-refractivity contribution is -0.440. The van der Waals surface area contributed by atoms with E-state index in [0.717, 1.165) is 0 Å². The first-order valence-electron chi connectivity index (χ1n) is 8.27. The van der Waals surface area contributed by atoms with Gasteiger partial charge in [0.1, 0.15) is 0 Å². The lowest BCUT2D eigenvalue weighted by Crippen LogP contribution is -2.70. The molecule has 0 aliphatic carbocycles. The third-order valence-electron chi connectivity index (χ3n) is 3.38. The highest BCUT2D eigenvalue weighted by Gasteiger charge is 2.90. The second kappa shape index (κ2) is 12.6. The van der Waals surface area contributed by atoms with Crippen LogP contribution in [0.25, 0.3) is 0 Å². The van der Waals surface area contributed by atoms with Crippen LogP contribution < -0.4 is 0 Å². The van der Waals surface area contributed by atoms with Gasteiger partial charge in [-0.2, -0.15) is 73.9 Å². The summed E-state index contributed by atoms with van der Waals surface area (Å²) in [5.41, 5.74) is 0. The summed E-state index contributed by atoms with van der Waals surface area (Å²) >= 11 is 0. The second-order valence-electron chi connectivity index (χ2n) is 6.74. The fourth-order valence-corrected chi connectivity index (χ4v) is 1.58. The van der Waals surface area contributed by atoms with Crippen LogP contribution >= 0.6 is 0 Å². The third kappa shape index (κ3) is 11.5. The molecular formula is C13H19F13O8S2. The van der Waals surface area contributed by atoms with Crippen LogP contribution in [0.2, 0.25) is 0 Å². The molecule has 8 nitrogen and oxygen atoms in total. The van der Waals surface area contributed by atoms with E-state index in [1.54, 1.807) is 0 Å². The van der Waals surface area contributed by atoms with E-state index in [2.05, 4.69) is 0 Å². The maximum absolute atomic E-state index is 13.3. The van der Waals surface area contributed by atoms with Crippen LogP contribution in [-0.4, -0.2) is 97.7 Å². The minimum Gasteiger partial charge on any atom is -0.396 e. The standard InChI is InChI=1S/C11H11F13O2.2CH4O3S/c12-6(13,2-1-5(3-25)4-26)7(14,15)8(16,17)9(18,19)10(20,21)11(22,23)24;2*1-5(2,3)4/h5,25-26H,1-4H2;2*1H3,(H,2,3,4). The fraction of sp³-hybridized carbons (Fsp3) is 1.00. The Morgan fingerprint density at radius 2 is 0.833 bits per heavy atom. The van der Waals surface area contributed by atoms with E-state index in [1.165, 1.54) is 0 Å².